The summed E-state index contributed by atoms with van der Waals surface area (Å²) < 4.78 is -0.142. The van der Waals surface area contributed by atoms with Gasteiger partial charge in [0.05, 0.1) is 24.9 Å². The fraction of sp³-hybridized carbons (Fsp3) is 0.526. The summed E-state index contributed by atoms with van der Waals surface area (Å²) in [5, 5.41) is 14.8. The number of rotatable bonds is 1. The van der Waals surface area contributed by atoms with Gasteiger partial charge in [-0.15, -0.1) is 0 Å². The summed E-state index contributed by atoms with van der Waals surface area (Å²) in [5.74, 6) is 0.775. The van der Waals surface area contributed by atoms with Gasteiger partial charge < -0.3 is 14.8 Å². The second kappa shape index (κ2) is 4.46. The molecular weight excluding hydrogens is 288 g/mol. The number of hydrogen-bond donors (Lipinski definition) is 1. The van der Waals surface area contributed by atoms with Crippen LogP contribution in [0.15, 0.2) is 24.3 Å². The van der Waals surface area contributed by atoms with Crippen molar-refractivity contribution in [1.82, 2.24) is 4.98 Å². The van der Waals surface area contributed by atoms with Crippen LogP contribution in [0.5, 0.6) is 0 Å². The third-order valence-electron chi connectivity index (χ3n) is 6.59. The van der Waals surface area contributed by atoms with Crippen LogP contribution in [-0.2, 0) is 11.2 Å². The Bertz CT molecular complexity index is 811. The average molecular weight is 310 g/mol. The third kappa shape index (κ3) is 1.76. The summed E-state index contributed by atoms with van der Waals surface area (Å²) in [7, 11) is 0. The lowest BCUT2D eigenvalue weighted by atomic mass is 9.64. The number of nitrogens with one attached hydrogen (secondary N) is 1. The van der Waals surface area contributed by atoms with Crippen LogP contribution in [-0.4, -0.2) is 34.5 Å². The van der Waals surface area contributed by atoms with Crippen LogP contribution in [0.4, 0.5) is 0 Å². The number of fused-ring (bicyclic) bond motifs is 4. The fourth-order valence-electron chi connectivity index (χ4n) is 5.78. The van der Waals surface area contributed by atoms with Gasteiger partial charge in [-0.3, -0.25) is 4.79 Å². The summed E-state index contributed by atoms with van der Waals surface area (Å²) in [5.41, 5.74) is 3.75. The summed E-state index contributed by atoms with van der Waals surface area (Å²) in [6.45, 7) is 3.01. The monoisotopic (exact) mass is 310 g/mol. The Morgan fingerprint density at radius 2 is 2.13 bits per heavy atom. The number of nitrogens with zero attached hydrogens (tertiary/aromatic N) is 1. The molecule has 3 aliphatic heterocycles. The van der Waals surface area contributed by atoms with Gasteiger partial charge in [0.15, 0.2) is 0 Å². The number of hydroxylamine groups is 3. The minimum Gasteiger partial charge on any atom is -0.633 e. The van der Waals surface area contributed by atoms with E-state index >= 15 is 0 Å². The lowest BCUT2D eigenvalue weighted by Crippen LogP contribution is -2.66. The number of carbonyl (C=O) groups excluding carboxylic acids is 1. The number of aromatic nitrogens is 1. The van der Waals surface area contributed by atoms with Crippen LogP contribution in [0.1, 0.15) is 36.9 Å². The van der Waals surface area contributed by atoms with Crippen molar-refractivity contribution in [2.75, 3.05) is 13.1 Å². The zero-order valence-electron chi connectivity index (χ0n) is 13.4. The molecule has 23 heavy (non-hydrogen) atoms. The quantitative estimate of drug-likeness (QED) is 0.650. The van der Waals surface area contributed by atoms with E-state index in [4.69, 9.17) is 0 Å². The number of piperidine rings is 2. The minimum atomic E-state index is -0.142. The molecule has 4 bridgehead atoms. The highest BCUT2D eigenvalue weighted by molar-refractivity contribution is 5.85. The van der Waals surface area contributed by atoms with Crippen molar-refractivity contribution in [3.05, 3.63) is 40.7 Å². The predicted octanol–water partition coefficient (Wildman–Crippen LogP) is 3.12. The Hall–Kier alpha value is -1.65. The number of benzene rings is 1. The normalized spacial score (nSPS) is 38.3. The van der Waals surface area contributed by atoms with Crippen LogP contribution >= 0.6 is 0 Å². The van der Waals surface area contributed by atoms with E-state index in [2.05, 4.69) is 29.2 Å². The largest absolute Gasteiger partial charge is 0.633 e. The first kappa shape index (κ1) is 13.8. The van der Waals surface area contributed by atoms with E-state index in [-0.39, 0.29) is 28.3 Å². The molecule has 5 atom stereocenters. The predicted molar refractivity (Wildman–Crippen MR) is 88.8 cm³/mol. The maximum atomic E-state index is 13.6. The maximum absolute atomic E-state index is 13.6. The molecule has 1 aromatic heterocycles. The zero-order valence-corrected chi connectivity index (χ0v) is 13.4. The Labute approximate surface area is 135 Å². The number of Topliss-reactive ketones (excluding diaryl/α,β-unsaturated/α-hetero) is 1. The van der Waals surface area contributed by atoms with Crippen molar-refractivity contribution in [1.29, 1.82) is 0 Å². The van der Waals surface area contributed by atoms with E-state index in [9.17, 15) is 10.0 Å². The van der Waals surface area contributed by atoms with Crippen LogP contribution < -0.4 is 0 Å². The summed E-state index contributed by atoms with van der Waals surface area (Å²) >= 11 is 0. The first-order chi connectivity index (χ1) is 11.1. The second-order valence-electron chi connectivity index (χ2n) is 7.82. The summed E-state index contributed by atoms with van der Waals surface area (Å²) in [6, 6.07) is 8.32. The van der Waals surface area contributed by atoms with E-state index < -0.39 is 0 Å². The van der Waals surface area contributed by atoms with Crippen molar-refractivity contribution in [3.8, 4) is 0 Å². The number of para-hydroxylation sites is 1. The molecule has 0 spiro atoms. The van der Waals surface area contributed by atoms with Crippen molar-refractivity contribution < 1.29 is 9.44 Å². The molecule has 1 aliphatic carbocycles. The Balaban J connectivity index is 1.72. The highest BCUT2D eigenvalue weighted by atomic mass is 16.5. The standard InChI is InChI=1S/C19H22N2O2/c1-11(22)15-8-12-9-16-18-14(6-7-21(23,10-12)19(15)16)13-4-2-3-5-17(13)20-18/h2-5,12,15-16,19-20H,6-10H2,1H3/t12-,15-,16+,19+,21-/m1/s1. The van der Waals surface area contributed by atoms with Crippen LogP contribution in [0, 0.1) is 17.0 Å². The van der Waals surface area contributed by atoms with Gasteiger partial charge in [0.1, 0.15) is 11.8 Å². The summed E-state index contributed by atoms with van der Waals surface area (Å²) in [4.78, 5) is 15.8. The molecule has 0 amide bonds. The smallest absolute Gasteiger partial charge is 0.138 e. The third-order valence-corrected chi connectivity index (χ3v) is 6.59. The van der Waals surface area contributed by atoms with Crippen LogP contribution in [0.2, 0.25) is 0 Å². The first-order valence-electron chi connectivity index (χ1n) is 8.74. The minimum absolute atomic E-state index is 0.0534. The Kier molecular flexibility index (Phi) is 2.67. The van der Waals surface area contributed by atoms with Crippen molar-refractivity contribution >= 4 is 16.7 Å². The van der Waals surface area contributed by atoms with E-state index in [1.54, 1.807) is 6.92 Å². The molecule has 4 heterocycles. The molecule has 2 saturated heterocycles. The number of carbonyl (C=O) groups is 1. The average Bonchev–Trinajstić information content (AvgIpc) is 2.87. The number of aromatic amines is 1. The SMILES string of the molecule is CC(=O)[C@H]1C[C@@H]2C[C@H]3c4[nH]c5ccccc5c4CC[N@@+]([O-])(C2)[C@@H]13. The van der Waals surface area contributed by atoms with Gasteiger partial charge in [-0.2, -0.15) is 0 Å². The molecule has 1 aromatic carbocycles. The van der Waals surface area contributed by atoms with Crippen LogP contribution in [0.25, 0.3) is 10.9 Å². The molecule has 4 nitrogen and oxygen atoms in total. The Morgan fingerprint density at radius 3 is 2.96 bits per heavy atom. The number of ketones is 1. The van der Waals surface area contributed by atoms with E-state index in [0.29, 0.717) is 19.0 Å². The van der Waals surface area contributed by atoms with Gasteiger partial charge in [-0.25, -0.2) is 0 Å². The van der Waals surface area contributed by atoms with Crippen LogP contribution in [0.3, 0.4) is 0 Å². The van der Waals surface area contributed by atoms with Gasteiger partial charge >= 0.3 is 0 Å². The molecule has 2 aromatic rings. The Morgan fingerprint density at radius 1 is 1.30 bits per heavy atom. The van der Waals surface area contributed by atoms with E-state index in [1.165, 1.54) is 22.2 Å². The van der Waals surface area contributed by atoms with Gasteiger partial charge in [0.2, 0.25) is 0 Å². The van der Waals surface area contributed by atoms with Gasteiger partial charge in [-0.1, -0.05) is 18.2 Å². The molecule has 0 unspecified atom stereocenters. The molecule has 6 rings (SSSR count). The van der Waals surface area contributed by atoms with Crippen molar-refractivity contribution in [3.63, 3.8) is 0 Å². The fourth-order valence-corrected chi connectivity index (χ4v) is 5.78. The molecule has 0 radical (unpaired) electrons. The summed E-state index contributed by atoms with van der Waals surface area (Å²) in [6.07, 6.45) is 2.82. The molecular formula is C19H22N2O2. The van der Waals surface area contributed by atoms with E-state index in [1.807, 2.05) is 0 Å². The lowest BCUT2D eigenvalue weighted by molar-refractivity contribution is -0.924. The maximum Gasteiger partial charge on any atom is 0.138 e. The number of quaternary nitrogens is 1. The highest BCUT2D eigenvalue weighted by Gasteiger charge is 2.56. The second-order valence-corrected chi connectivity index (χ2v) is 7.82. The molecule has 1 N–H and O–H groups in total. The number of hydrogen-bond acceptors (Lipinski definition) is 2. The molecule has 1 saturated carbocycles. The molecule has 4 heteroatoms. The molecule has 4 aliphatic rings. The topological polar surface area (TPSA) is 55.9 Å². The van der Waals surface area contributed by atoms with Crippen molar-refractivity contribution in [2.45, 2.75) is 38.1 Å². The first-order valence-corrected chi connectivity index (χ1v) is 8.74. The van der Waals surface area contributed by atoms with Crippen molar-refractivity contribution in [2.24, 2.45) is 11.8 Å². The van der Waals surface area contributed by atoms with Gasteiger partial charge in [0, 0.05) is 28.9 Å². The molecule has 3 fully saturated rings. The molecule has 120 valence electrons. The van der Waals surface area contributed by atoms with Gasteiger partial charge in [-0.05, 0) is 31.4 Å². The van der Waals surface area contributed by atoms with Gasteiger partial charge in [0.25, 0.3) is 0 Å². The highest BCUT2D eigenvalue weighted by Crippen LogP contribution is 2.53. The van der Waals surface area contributed by atoms with E-state index in [0.717, 1.165) is 19.3 Å². The number of H-pyrrole nitrogens is 1. The zero-order chi connectivity index (χ0) is 15.8. The lowest BCUT2D eigenvalue weighted by Gasteiger charge is -2.61.